The number of aryl methyl sites for hydroxylation is 1. The third-order valence-corrected chi connectivity index (χ3v) is 1.60. The van der Waals surface area contributed by atoms with E-state index in [9.17, 15) is 4.39 Å². The molecule has 1 aromatic heterocycles. The number of fused-ring (bicyclic) bond motifs is 1. The van der Waals surface area contributed by atoms with Crippen molar-refractivity contribution in [2.24, 2.45) is 7.05 Å². The summed E-state index contributed by atoms with van der Waals surface area (Å²) in [5, 5.41) is 4.79. The second kappa shape index (κ2) is 2.05. The fraction of sp³-hybridized carbons (Fsp3) is 0.125. The van der Waals surface area contributed by atoms with Crippen LogP contribution in [0.5, 0.6) is 0 Å². The summed E-state index contributed by atoms with van der Waals surface area (Å²) in [7, 11) is 1.78. The van der Waals surface area contributed by atoms with Gasteiger partial charge in [-0.15, -0.1) is 0 Å². The van der Waals surface area contributed by atoms with E-state index >= 15 is 0 Å². The highest BCUT2D eigenvalue weighted by Gasteiger charge is 2.01. The summed E-state index contributed by atoms with van der Waals surface area (Å²) in [6.07, 6.45) is 1.79. The summed E-state index contributed by atoms with van der Waals surface area (Å²) in [4.78, 5) is 0. The van der Waals surface area contributed by atoms with Gasteiger partial charge < -0.3 is 0 Å². The van der Waals surface area contributed by atoms with Crippen molar-refractivity contribution in [1.82, 2.24) is 9.78 Å². The third kappa shape index (κ3) is 0.888. The molecule has 0 aliphatic carbocycles. The first-order valence-corrected chi connectivity index (χ1v) is 3.35. The molecule has 0 saturated heterocycles. The standard InChI is InChI=1S/C8H7FN2/c1-11-5-6-3-2-4-7(9)8(6)10-11/h2-5H,1H3. The van der Waals surface area contributed by atoms with Gasteiger partial charge >= 0.3 is 0 Å². The molecule has 3 heteroatoms. The average Bonchev–Trinajstić information content (AvgIpc) is 2.31. The summed E-state index contributed by atoms with van der Waals surface area (Å²) >= 11 is 0. The summed E-state index contributed by atoms with van der Waals surface area (Å²) in [6, 6.07) is 4.93. The van der Waals surface area contributed by atoms with Crippen LogP contribution in [0.4, 0.5) is 4.39 Å². The number of hydrogen-bond acceptors (Lipinski definition) is 1. The van der Waals surface area contributed by atoms with Gasteiger partial charge in [-0.2, -0.15) is 5.10 Å². The van der Waals surface area contributed by atoms with Gasteiger partial charge in [0.1, 0.15) is 5.52 Å². The molecule has 2 rings (SSSR count). The molecule has 0 spiro atoms. The average molecular weight is 150 g/mol. The van der Waals surface area contributed by atoms with E-state index in [2.05, 4.69) is 5.10 Å². The van der Waals surface area contributed by atoms with Crippen LogP contribution < -0.4 is 0 Å². The highest BCUT2D eigenvalue weighted by Crippen LogP contribution is 2.14. The van der Waals surface area contributed by atoms with Crippen LogP contribution in [-0.2, 0) is 7.05 Å². The first-order valence-electron chi connectivity index (χ1n) is 3.35. The molecule has 0 aliphatic heterocycles. The van der Waals surface area contributed by atoms with Gasteiger partial charge in [-0.05, 0) is 6.07 Å². The summed E-state index contributed by atoms with van der Waals surface area (Å²) in [5.74, 6) is -0.261. The van der Waals surface area contributed by atoms with Gasteiger partial charge in [0.2, 0.25) is 0 Å². The summed E-state index contributed by atoms with van der Waals surface area (Å²) in [5.41, 5.74) is 0.440. The smallest absolute Gasteiger partial charge is 0.151 e. The molecule has 0 unspecified atom stereocenters. The lowest BCUT2D eigenvalue weighted by molar-refractivity contribution is 0.632. The predicted molar refractivity (Wildman–Crippen MR) is 40.7 cm³/mol. The van der Waals surface area contributed by atoms with Gasteiger partial charge in [-0.3, -0.25) is 4.68 Å². The number of halogens is 1. The molecule has 2 aromatic rings. The Morgan fingerprint density at radius 2 is 2.27 bits per heavy atom. The molecule has 0 amide bonds. The maximum absolute atomic E-state index is 12.9. The molecule has 0 N–H and O–H groups in total. The van der Waals surface area contributed by atoms with Crippen molar-refractivity contribution in [2.75, 3.05) is 0 Å². The highest BCUT2D eigenvalue weighted by atomic mass is 19.1. The van der Waals surface area contributed by atoms with Gasteiger partial charge in [0.05, 0.1) is 0 Å². The minimum atomic E-state index is -0.261. The Morgan fingerprint density at radius 1 is 1.45 bits per heavy atom. The molecule has 56 valence electrons. The topological polar surface area (TPSA) is 17.8 Å². The molecule has 0 fully saturated rings. The van der Waals surface area contributed by atoms with Gasteiger partial charge in [0.25, 0.3) is 0 Å². The number of benzene rings is 1. The highest BCUT2D eigenvalue weighted by molar-refractivity contribution is 5.78. The normalized spacial score (nSPS) is 10.7. The molecule has 0 saturated carbocycles. The first-order chi connectivity index (χ1) is 5.27. The Kier molecular flexibility index (Phi) is 1.18. The van der Waals surface area contributed by atoms with Gasteiger partial charge in [-0.25, -0.2) is 4.39 Å². The van der Waals surface area contributed by atoms with Crippen molar-refractivity contribution in [2.45, 2.75) is 0 Å². The van der Waals surface area contributed by atoms with E-state index in [0.29, 0.717) is 5.52 Å². The van der Waals surface area contributed by atoms with Gasteiger partial charge in [0, 0.05) is 18.6 Å². The van der Waals surface area contributed by atoms with Crippen molar-refractivity contribution in [3.8, 4) is 0 Å². The Bertz CT molecular complexity index is 392. The number of nitrogens with zero attached hydrogens (tertiary/aromatic N) is 2. The molecule has 1 aromatic carbocycles. The molecule has 0 aliphatic rings. The molecule has 2 nitrogen and oxygen atoms in total. The molecule has 0 atom stereocenters. The van der Waals surface area contributed by atoms with Crippen LogP contribution in [0.1, 0.15) is 0 Å². The van der Waals surface area contributed by atoms with Gasteiger partial charge in [-0.1, -0.05) is 12.1 Å². The lowest BCUT2D eigenvalue weighted by Gasteiger charge is -1.86. The van der Waals surface area contributed by atoms with Crippen LogP contribution in [-0.4, -0.2) is 9.78 Å². The van der Waals surface area contributed by atoms with Crippen molar-refractivity contribution in [1.29, 1.82) is 0 Å². The van der Waals surface area contributed by atoms with E-state index in [0.717, 1.165) is 5.39 Å². The lowest BCUT2D eigenvalue weighted by Crippen LogP contribution is -1.85. The fourth-order valence-electron chi connectivity index (χ4n) is 1.13. The zero-order chi connectivity index (χ0) is 7.84. The minimum Gasteiger partial charge on any atom is -0.274 e. The quantitative estimate of drug-likeness (QED) is 0.559. The maximum Gasteiger partial charge on any atom is 0.151 e. The lowest BCUT2D eigenvalue weighted by atomic mass is 10.2. The zero-order valence-electron chi connectivity index (χ0n) is 6.08. The van der Waals surface area contributed by atoms with Crippen molar-refractivity contribution in [3.05, 3.63) is 30.2 Å². The Hall–Kier alpha value is -1.38. The maximum atomic E-state index is 12.9. The van der Waals surface area contributed by atoms with Crippen LogP contribution in [0.3, 0.4) is 0 Å². The number of rotatable bonds is 0. The van der Waals surface area contributed by atoms with Crippen LogP contribution in [0.25, 0.3) is 10.9 Å². The zero-order valence-corrected chi connectivity index (χ0v) is 6.08. The summed E-state index contributed by atoms with van der Waals surface area (Å²) < 4.78 is 14.5. The minimum absolute atomic E-state index is 0.261. The molecule has 11 heavy (non-hydrogen) atoms. The molecular weight excluding hydrogens is 143 g/mol. The fourth-order valence-corrected chi connectivity index (χ4v) is 1.13. The monoisotopic (exact) mass is 150 g/mol. The second-order valence-corrected chi connectivity index (χ2v) is 2.48. The predicted octanol–water partition coefficient (Wildman–Crippen LogP) is 1.71. The van der Waals surface area contributed by atoms with E-state index < -0.39 is 0 Å². The molecule has 0 radical (unpaired) electrons. The van der Waals surface area contributed by atoms with E-state index in [-0.39, 0.29) is 5.82 Å². The largest absolute Gasteiger partial charge is 0.274 e. The molecular formula is C8H7FN2. The second-order valence-electron chi connectivity index (χ2n) is 2.48. The first kappa shape index (κ1) is 6.34. The van der Waals surface area contributed by atoms with E-state index in [1.54, 1.807) is 24.0 Å². The van der Waals surface area contributed by atoms with Crippen LogP contribution in [0.2, 0.25) is 0 Å². The van der Waals surface area contributed by atoms with Crippen molar-refractivity contribution >= 4 is 10.9 Å². The Labute approximate surface area is 63.3 Å². The Balaban J connectivity index is 2.90. The van der Waals surface area contributed by atoms with Crippen molar-refractivity contribution in [3.63, 3.8) is 0 Å². The van der Waals surface area contributed by atoms with Crippen LogP contribution >= 0.6 is 0 Å². The van der Waals surface area contributed by atoms with Gasteiger partial charge in [0.15, 0.2) is 5.82 Å². The Morgan fingerprint density at radius 3 is 3.00 bits per heavy atom. The van der Waals surface area contributed by atoms with Crippen LogP contribution in [0.15, 0.2) is 24.4 Å². The number of aromatic nitrogens is 2. The van der Waals surface area contributed by atoms with Crippen molar-refractivity contribution < 1.29 is 4.39 Å². The van der Waals surface area contributed by atoms with Crippen LogP contribution in [0, 0.1) is 5.82 Å². The van der Waals surface area contributed by atoms with E-state index in [1.807, 2.05) is 6.07 Å². The molecule has 0 bridgehead atoms. The third-order valence-electron chi connectivity index (χ3n) is 1.60. The molecule has 1 heterocycles. The SMILES string of the molecule is Cn1cc2cccc(F)c2n1. The number of hydrogen-bond donors (Lipinski definition) is 0. The van der Waals surface area contributed by atoms with E-state index in [1.165, 1.54) is 6.07 Å². The summed E-state index contributed by atoms with van der Waals surface area (Å²) in [6.45, 7) is 0. The van der Waals surface area contributed by atoms with E-state index in [4.69, 9.17) is 0 Å².